The molecule has 0 aliphatic carbocycles. The first-order valence-corrected chi connectivity index (χ1v) is 13.6. The Morgan fingerprint density at radius 1 is 1.10 bits per heavy atom. The van der Waals surface area contributed by atoms with E-state index < -0.39 is 48.4 Å². The number of para-hydroxylation sites is 1. The number of hydrogen-bond acceptors (Lipinski definition) is 7. The Morgan fingerprint density at radius 2 is 1.79 bits per heavy atom. The third-order valence-corrected chi connectivity index (χ3v) is 6.85. The maximum Gasteiger partial charge on any atom is 0.414 e. The van der Waals surface area contributed by atoms with Crippen LogP contribution in [-0.2, 0) is 24.0 Å². The maximum atomic E-state index is 13.7. The second-order valence-corrected chi connectivity index (χ2v) is 10.1. The molecule has 0 aromatic heterocycles. The second kappa shape index (κ2) is 13.4. The normalized spacial score (nSPS) is 15.8. The van der Waals surface area contributed by atoms with Gasteiger partial charge in [0.1, 0.15) is 6.04 Å². The Morgan fingerprint density at radius 3 is 2.33 bits per heavy atom. The molecule has 208 valence electrons. The molecule has 1 aliphatic heterocycles. The van der Waals surface area contributed by atoms with Crippen molar-refractivity contribution in [2.45, 2.75) is 51.8 Å². The summed E-state index contributed by atoms with van der Waals surface area (Å²) in [6.07, 6.45) is -0.520. The Hall–Kier alpha value is -3.73. The van der Waals surface area contributed by atoms with Crippen LogP contribution < -0.4 is 9.80 Å². The summed E-state index contributed by atoms with van der Waals surface area (Å²) in [5.41, 5.74) is 2.35. The number of anilines is 2. The predicted molar refractivity (Wildman–Crippen MR) is 150 cm³/mol. The highest BCUT2D eigenvalue weighted by Crippen LogP contribution is 2.37. The number of carboxylic acid groups (broad SMARTS) is 1. The van der Waals surface area contributed by atoms with Crippen molar-refractivity contribution in [2.24, 2.45) is 11.1 Å². The van der Waals surface area contributed by atoms with E-state index >= 15 is 0 Å². The number of rotatable bonds is 11. The van der Waals surface area contributed by atoms with E-state index in [4.69, 9.17) is 9.57 Å². The monoisotopic (exact) mass is 601 g/mol. The van der Waals surface area contributed by atoms with Gasteiger partial charge < -0.3 is 14.7 Å². The number of amides is 2. The van der Waals surface area contributed by atoms with Crippen molar-refractivity contribution in [3.8, 4) is 0 Å². The topological polar surface area (TPSA) is 126 Å². The summed E-state index contributed by atoms with van der Waals surface area (Å²) < 4.78 is 5.14. The highest BCUT2D eigenvalue weighted by atomic mass is 79.9. The van der Waals surface area contributed by atoms with Crippen molar-refractivity contribution in [3.05, 3.63) is 59.7 Å². The first-order valence-electron chi connectivity index (χ1n) is 12.4. The van der Waals surface area contributed by atoms with Crippen LogP contribution in [0.25, 0.3) is 0 Å². The van der Waals surface area contributed by atoms with Gasteiger partial charge in [0.25, 0.3) is 5.91 Å². The van der Waals surface area contributed by atoms with Gasteiger partial charge >= 0.3 is 12.1 Å². The molecule has 0 saturated carbocycles. The molecule has 3 atom stereocenters. The third kappa shape index (κ3) is 7.03. The molecule has 0 radical (unpaired) electrons. The number of nitrogens with zero attached hydrogens (tertiary/aromatic N) is 3. The fourth-order valence-corrected chi connectivity index (χ4v) is 5.04. The second-order valence-electron chi connectivity index (χ2n) is 9.51. The number of halogens is 1. The van der Waals surface area contributed by atoms with Gasteiger partial charge in [-0.05, 0) is 48.2 Å². The number of methoxy groups -OCH3 is 1. The lowest BCUT2D eigenvalue weighted by Gasteiger charge is -2.36. The lowest BCUT2D eigenvalue weighted by Crippen LogP contribution is -2.51. The summed E-state index contributed by atoms with van der Waals surface area (Å²) in [4.78, 5) is 59.5. The van der Waals surface area contributed by atoms with E-state index in [1.54, 1.807) is 29.2 Å². The minimum absolute atomic E-state index is 0.103. The molecule has 2 aromatic rings. The summed E-state index contributed by atoms with van der Waals surface area (Å²) in [6.45, 7) is 5.74. The number of hydrogen-bond donors (Lipinski definition) is 1. The number of carboxylic acids is 1. The Balaban J connectivity index is 2.21. The first-order chi connectivity index (χ1) is 18.6. The number of aliphatic carboxylic acids is 1. The molecule has 0 bridgehead atoms. The van der Waals surface area contributed by atoms with Crippen LogP contribution >= 0.6 is 15.9 Å². The van der Waals surface area contributed by atoms with Gasteiger partial charge in [0, 0.05) is 24.0 Å². The van der Waals surface area contributed by atoms with Crippen molar-refractivity contribution in [1.29, 1.82) is 0 Å². The molecule has 1 N–H and O–H groups in total. The number of oxime groups is 1. The summed E-state index contributed by atoms with van der Waals surface area (Å²) in [5.74, 6) is -2.40. The smallest absolute Gasteiger partial charge is 0.414 e. The molecule has 39 heavy (non-hydrogen) atoms. The van der Waals surface area contributed by atoms with Crippen LogP contribution in [0, 0.1) is 12.8 Å². The third-order valence-electron chi connectivity index (χ3n) is 6.30. The molecule has 2 aromatic carbocycles. The molecule has 1 heterocycles. The van der Waals surface area contributed by atoms with Crippen LogP contribution in [0.3, 0.4) is 0 Å². The largest absolute Gasteiger partial charge is 0.481 e. The Labute approximate surface area is 235 Å². The highest BCUT2D eigenvalue weighted by Gasteiger charge is 2.39. The van der Waals surface area contributed by atoms with Gasteiger partial charge in [-0.3, -0.25) is 24.2 Å². The number of benzene rings is 2. The zero-order valence-corrected chi connectivity index (χ0v) is 23.8. The van der Waals surface area contributed by atoms with Crippen LogP contribution in [0.5, 0.6) is 0 Å². The van der Waals surface area contributed by atoms with Gasteiger partial charge in [-0.15, -0.1) is 0 Å². The Kier molecular flexibility index (Phi) is 10.2. The molecule has 11 heteroatoms. The highest BCUT2D eigenvalue weighted by molar-refractivity contribution is 9.09. The molecule has 1 aliphatic rings. The zero-order chi connectivity index (χ0) is 28.7. The summed E-state index contributed by atoms with van der Waals surface area (Å²) in [6, 6.07) is 12.6. The van der Waals surface area contributed by atoms with E-state index in [0.29, 0.717) is 16.9 Å². The van der Waals surface area contributed by atoms with Crippen molar-refractivity contribution < 1.29 is 33.9 Å². The summed E-state index contributed by atoms with van der Waals surface area (Å²) in [5, 5.41) is 13.1. The molecule has 2 amide bonds. The molecule has 0 saturated heterocycles. The van der Waals surface area contributed by atoms with Crippen molar-refractivity contribution in [1.82, 2.24) is 0 Å². The van der Waals surface area contributed by atoms with Gasteiger partial charge in [-0.1, -0.05) is 59.2 Å². The van der Waals surface area contributed by atoms with Gasteiger partial charge in [0.15, 0.2) is 5.78 Å². The van der Waals surface area contributed by atoms with E-state index in [0.717, 1.165) is 5.56 Å². The van der Waals surface area contributed by atoms with Gasteiger partial charge in [0.2, 0.25) is 6.10 Å². The lowest BCUT2D eigenvalue weighted by atomic mass is 9.91. The van der Waals surface area contributed by atoms with Crippen molar-refractivity contribution in [3.63, 3.8) is 0 Å². The average molecular weight is 602 g/mol. The molecular formula is C28H32BrN3O7. The maximum absolute atomic E-state index is 13.7. The number of aryl methyl sites for hydroxylation is 1. The van der Waals surface area contributed by atoms with E-state index in [9.17, 15) is 24.3 Å². The molecule has 3 rings (SSSR count). The minimum atomic E-state index is -1.29. The van der Waals surface area contributed by atoms with Crippen LogP contribution in [0.15, 0.2) is 53.7 Å². The summed E-state index contributed by atoms with van der Waals surface area (Å²) >= 11 is 3.12. The number of alkyl halides is 1. The first kappa shape index (κ1) is 29.8. The zero-order valence-electron chi connectivity index (χ0n) is 22.2. The predicted octanol–water partition coefficient (Wildman–Crippen LogP) is 4.88. The fourth-order valence-electron chi connectivity index (χ4n) is 4.66. The van der Waals surface area contributed by atoms with Crippen LogP contribution in [0.4, 0.5) is 16.2 Å². The van der Waals surface area contributed by atoms with Crippen molar-refractivity contribution in [2.75, 3.05) is 22.2 Å². The van der Waals surface area contributed by atoms with Gasteiger partial charge in [0.05, 0.1) is 24.9 Å². The van der Waals surface area contributed by atoms with Crippen LogP contribution in [0.2, 0.25) is 0 Å². The lowest BCUT2D eigenvalue weighted by molar-refractivity contribution is -0.139. The molecule has 10 nitrogen and oxygen atoms in total. The standard InChI is InChI=1S/C28H32BrN3O7/c1-17(2)26(32(28(37)38-4)20-8-6-5-7-9-20)19-12-18(3)13-21(14-19)31(27(36)24-10-11-30-39-24)22(15-25(34)35)23(33)16-29/h5-9,11-14,17,22,24,26H,10,15-16H2,1-4H3,(H,34,35)/t22-,24?,26-/m0/s1. The molecule has 1 unspecified atom stereocenters. The fraction of sp³-hybridized carbons (Fsp3) is 0.393. The van der Waals surface area contributed by atoms with E-state index in [1.165, 1.54) is 18.2 Å². The number of Topliss-reactive ketones (excluding diaryl/α,β-unsaturated/α-hetero) is 1. The minimum Gasteiger partial charge on any atom is -0.481 e. The number of ketones is 1. The average Bonchev–Trinajstić information content (AvgIpc) is 3.45. The van der Waals surface area contributed by atoms with Crippen LogP contribution in [0.1, 0.15) is 43.9 Å². The van der Waals surface area contributed by atoms with Crippen LogP contribution in [-0.4, -0.2) is 59.7 Å². The molecule has 0 spiro atoms. The van der Waals surface area contributed by atoms with Gasteiger partial charge in [-0.2, -0.15) is 0 Å². The molecular weight excluding hydrogens is 570 g/mol. The van der Waals surface area contributed by atoms with Gasteiger partial charge in [-0.25, -0.2) is 4.79 Å². The van der Waals surface area contributed by atoms with E-state index in [1.807, 2.05) is 45.0 Å². The Bertz CT molecular complexity index is 1230. The molecule has 0 fully saturated rings. The van der Waals surface area contributed by atoms with Crippen molar-refractivity contribution >= 4 is 57.3 Å². The SMILES string of the molecule is COC(=O)N(c1ccccc1)[C@H](c1cc(C)cc(N(C(=O)C2CC=NO2)[C@@H](CC(=O)O)C(=O)CBr)c1)C(C)C. The number of ether oxygens (including phenoxy) is 1. The van der Waals surface area contributed by atoms with E-state index in [-0.39, 0.29) is 17.7 Å². The summed E-state index contributed by atoms with van der Waals surface area (Å²) in [7, 11) is 1.31. The van der Waals surface area contributed by atoms with E-state index in [2.05, 4.69) is 21.1 Å². The number of carbonyl (C=O) groups is 4. The quantitative estimate of drug-likeness (QED) is 0.364. The number of carbonyl (C=O) groups excluding carboxylic acids is 3.